The van der Waals surface area contributed by atoms with Gasteiger partial charge in [0.05, 0.1) is 6.61 Å². The predicted molar refractivity (Wildman–Crippen MR) is 160 cm³/mol. The molecule has 2 rings (SSSR count). The fraction of sp³-hybridized carbons (Fsp3) is 0.606. The molecule has 202 valence electrons. The van der Waals surface area contributed by atoms with Gasteiger partial charge in [-0.25, -0.2) is 0 Å². The fourth-order valence-electron chi connectivity index (χ4n) is 3.27. The molecule has 0 aliphatic carbocycles. The molecule has 0 N–H and O–H groups in total. The lowest BCUT2D eigenvalue weighted by molar-refractivity contribution is -0.116. The predicted octanol–water partition coefficient (Wildman–Crippen LogP) is 11.0. The SMILES string of the molecule is CC.CC.CC.CCC.CCC(CC)CCCCOc1ccc(-c2ccc(CC(C)=O)cc2)cc1. The highest BCUT2D eigenvalue weighted by atomic mass is 16.5. The van der Waals surface area contributed by atoms with E-state index in [1.54, 1.807) is 6.92 Å². The maximum absolute atomic E-state index is 11.2. The van der Waals surface area contributed by atoms with Gasteiger partial charge in [0, 0.05) is 6.42 Å². The van der Waals surface area contributed by atoms with Crippen LogP contribution in [-0.2, 0) is 11.2 Å². The number of rotatable bonds is 11. The summed E-state index contributed by atoms with van der Waals surface area (Å²) in [6.07, 6.45) is 8.01. The third-order valence-electron chi connectivity index (χ3n) is 5.02. The van der Waals surface area contributed by atoms with Crippen molar-refractivity contribution in [2.75, 3.05) is 6.61 Å². The van der Waals surface area contributed by atoms with Crippen molar-refractivity contribution in [3.8, 4) is 16.9 Å². The van der Waals surface area contributed by atoms with E-state index in [4.69, 9.17) is 4.74 Å². The summed E-state index contributed by atoms with van der Waals surface area (Å²) in [4.78, 5) is 11.2. The number of ketones is 1. The van der Waals surface area contributed by atoms with Gasteiger partial charge in [-0.2, -0.15) is 0 Å². The minimum atomic E-state index is 0.194. The molecule has 2 aromatic carbocycles. The van der Waals surface area contributed by atoms with Crippen molar-refractivity contribution in [3.05, 3.63) is 54.1 Å². The Morgan fingerprint density at radius 1 is 0.714 bits per heavy atom. The van der Waals surface area contributed by atoms with Crippen LogP contribution in [0.4, 0.5) is 0 Å². The average Bonchev–Trinajstić information content (AvgIpc) is 2.91. The molecular formula is C33H58O2. The molecule has 2 nitrogen and oxygen atoms in total. The summed E-state index contributed by atoms with van der Waals surface area (Å²) in [6, 6.07) is 16.5. The summed E-state index contributed by atoms with van der Waals surface area (Å²) in [7, 11) is 0. The molecule has 35 heavy (non-hydrogen) atoms. The molecule has 0 spiro atoms. The van der Waals surface area contributed by atoms with Gasteiger partial charge in [0.15, 0.2) is 0 Å². The van der Waals surface area contributed by atoms with E-state index < -0.39 is 0 Å². The number of carbonyl (C=O) groups is 1. The Hall–Kier alpha value is -2.09. The zero-order chi connectivity index (χ0) is 27.5. The topological polar surface area (TPSA) is 26.3 Å². The monoisotopic (exact) mass is 486 g/mol. The van der Waals surface area contributed by atoms with Crippen LogP contribution in [0, 0.1) is 5.92 Å². The number of benzene rings is 2. The Bertz CT molecular complexity index is 667. The first-order valence-corrected chi connectivity index (χ1v) is 14.3. The third kappa shape index (κ3) is 19.9. The van der Waals surface area contributed by atoms with Crippen LogP contribution < -0.4 is 4.74 Å². The zero-order valence-electron chi connectivity index (χ0n) is 25.2. The maximum Gasteiger partial charge on any atom is 0.134 e. The molecule has 0 fully saturated rings. The molecule has 0 aliphatic rings. The van der Waals surface area contributed by atoms with Crippen molar-refractivity contribution in [2.45, 2.75) is 121 Å². The quantitative estimate of drug-likeness (QED) is 0.295. The number of hydrogen-bond donors (Lipinski definition) is 0. The molecule has 0 heterocycles. The summed E-state index contributed by atoms with van der Waals surface area (Å²) >= 11 is 0. The summed E-state index contributed by atoms with van der Waals surface area (Å²) in [5, 5.41) is 0. The van der Waals surface area contributed by atoms with Crippen LogP contribution in [0.1, 0.15) is 120 Å². The number of carbonyl (C=O) groups excluding carboxylic acids is 1. The van der Waals surface area contributed by atoms with Crippen LogP contribution in [0.15, 0.2) is 48.5 Å². The van der Waals surface area contributed by atoms with E-state index in [1.807, 2.05) is 65.8 Å². The van der Waals surface area contributed by atoms with Gasteiger partial charge in [0.1, 0.15) is 11.5 Å². The molecule has 0 radical (unpaired) electrons. The highest BCUT2D eigenvalue weighted by Gasteiger charge is 2.04. The van der Waals surface area contributed by atoms with E-state index in [-0.39, 0.29) is 5.78 Å². The molecule has 0 saturated carbocycles. The Morgan fingerprint density at radius 3 is 1.54 bits per heavy atom. The lowest BCUT2D eigenvalue weighted by Crippen LogP contribution is -2.01. The van der Waals surface area contributed by atoms with Gasteiger partial charge in [0.25, 0.3) is 0 Å². The van der Waals surface area contributed by atoms with Crippen molar-refractivity contribution in [1.29, 1.82) is 0 Å². The number of ether oxygens (including phenoxy) is 1. The Morgan fingerprint density at radius 2 is 1.14 bits per heavy atom. The van der Waals surface area contributed by atoms with Gasteiger partial charge in [0.2, 0.25) is 0 Å². The highest BCUT2D eigenvalue weighted by Crippen LogP contribution is 2.23. The van der Waals surface area contributed by atoms with Crippen LogP contribution in [0.25, 0.3) is 11.1 Å². The summed E-state index contributed by atoms with van der Waals surface area (Å²) < 4.78 is 5.87. The third-order valence-corrected chi connectivity index (χ3v) is 5.02. The van der Waals surface area contributed by atoms with Crippen molar-refractivity contribution in [1.82, 2.24) is 0 Å². The second-order valence-corrected chi connectivity index (χ2v) is 7.83. The summed E-state index contributed by atoms with van der Waals surface area (Å²) in [5.41, 5.74) is 3.39. The van der Waals surface area contributed by atoms with Crippen LogP contribution in [0.3, 0.4) is 0 Å². The molecule has 0 aromatic heterocycles. The Labute approximate surface area is 219 Å². The number of unbranched alkanes of at least 4 members (excludes halogenated alkanes) is 1. The molecule has 0 unspecified atom stereocenters. The van der Waals surface area contributed by atoms with Crippen LogP contribution >= 0.6 is 0 Å². The van der Waals surface area contributed by atoms with E-state index in [1.165, 1.54) is 37.7 Å². The summed E-state index contributed by atoms with van der Waals surface area (Å²) in [5.74, 6) is 2.00. The van der Waals surface area contributed by atoms with Gasteiger partial charge in [-0.1, -0.05) is 131 Å². The first-order chi connectivity index (χ1) is 17.0. The second-order valence-electron chi connectivity index (χ2n) is 7.83. The highest BCUT2D eigenvalue weighted by molar-refractivity contribution is 5.78. The molecule has 2 aromatic rings. The van der Waals surface area contributed by atoms with Crippen molar-refractivity contribution in [3.63, 3.8) is 0 Å². The molecule has 0 saturated heterocycles. The fourth-order valence-corrected chi connectivity index (χ4v) is 3.27. The summed E-state index contributed by atoms with van der Waals surface area (Å²) in [6.45, 7) is 23.2. The maximum atomic E-state index is 11.2. The molecule has 2 heteroatoms. The van der Waals surface area contributed by atoms with Gasteiger partial charge in [-0.05, 0) is 54.5 Å². The molecule has 0 bridgehead atoms. The molecule has 0 aliphatic heterocycles. The van der Waals surface area contributed by atoms with Gasteiger partial charge < -0.3 is 4.74 Å². The number of Topliss-reactive ketones (excluding diaryl/α,β-unsaturated/α-hetero) is 1. The van der Waals surface area contributed by atoms with E-state index in [2.05, 4.69) is 52.0 Å². The minimum absolute atomic E-state index is 0.194. The first kappa shape index (κ1) is 37.5. The van der Waals surface area contributed by atoms with E-state index in [0.29, 0.717) is 6.42 Å². The molecular weight excluding hydrogens is 428 g/mol. The molecule has 0 atom stereocenters. The Kier molecular flexibility index (Phi) is 30.1. The average molecular weight is 487 g/mol. The minimum Gasteiger partial charge on any atom is -0.494 e. The zero-order valence-corrected chi connectivity index (χ0v) is 25.2. The molecule has 0 amide bonds. The lowest BCUT2D eigenvalue weighted by atomic mass is 9.97. The lowest BCUT2D eigenvalue weighted by Gasteiger charge is -2.12. The normalized spacial score (nSPS) is 9.14. The van der Waals surface area contributed by atoms with E-state index in [9.17, 15) is 4.79 Å². The first-order valence-electron chi connectivity index (χ1n) is 14.3. The smallest absolute Gasteiger partial charge is 0.134 e. The van der Waals surface area contributed by atoms with E-state index in [0.717, 1.165) is 35.8 Å². The van der Waals surface area contributed by atoms with Gasteiger partial charge >= 0.3 is 0 Å². The van der Waals surface area contributed by atoms with Crippen molar-refractivity contribution >= 4 is 5.78 Å². The van der Waals surface area contributed by atoms with Crippen LogP contribution in [0.2, 0.25) is 0 Å². The van der Waals surface area contributed by atoms with Crippen LogP contribution in [0.5, 0.6) is 5.75 Å². The van der Waals surface area contributed by atoms with Gasteiger partial charge in [-0.15, -0.1) is 0 Å². The Balaban J connectivity index is -0.00000101. The van der Waals surface area contributed by atoms with Crippen LogP contribution in [-0.4, -0.2) is 12.4 Å². The van der Waals surface area contributed by atoms with Crippen molar-refractivity contribution in [2.24, 2.45) is 5.92 Å². The van der Waals surface area contributed by atoms with Gasteiger partial charge in [-0.3, -0.25) is 4.79 Å². The number of hydrogen-bond acceptors (Lipinski definition) is 2. The standard InChI is InChI=1S/C24H32O2.C3H8.3C2H6/c1-4-20(5-2)8-6-7-17-26-24-15-13-23(14-16-24)22-11-9-21(10-12-22)18-19(3)25;1-3-2;3*1-2/h9-16,20H,4-8,17-18H2,1-3H3;3H2,1-2H3;3*1-2H3. The van der Waals surface area contributed by atoms with E-state index >= 15 is 0 Å². The largest absolute Gasteiger partial charge is 0.494 e. The van der Waals surface area contributed by atoms with Crippen molar-refractivity contribution < 1.29 is 9.53 Å². The second kappa shape index (κ2) is 28.1.